The Morgan fingerprint density at radius 1 is 1.27 bits per heavy atom. The molecule has 2 aliphatic rings. The summed E-state index contributed by atoms with van der Waals surface area (Å²) in [4.78, 5) is 42.4. The Hall–Kier alpha value is -2.46. The van der Waals surface area contributed by atoms with Gasteiger partial charge < -0.3 is 0 Å². The van der Waals surface area contributed by atoms with Crippen molar-refractivity contribution in [1.29, 1.82) is 0 Å². The third-order valence-electron chi connectivity index (χ3n) is 5.07. The third-order valence-corrected chi connectivity index (χ3v) is 6.03. The van der Waals surface area contributed by atoms with Crippen LogP contribution in [0.1, 0.15) is 18.4 Å². The van der Waals surface area contributed by atoms with Crippen LogP contribution in [0.3, 0.4) is 0 Å². The van der Waals surface area contributed by atoms with Crippen LogP contribution in [0.4, 0.5) is 4.79 Å². The summed E-state index contributed by atoms with van der Waals surface area (Å²) < 4.78 is 3.27. The lowest BCUT2D eigenvalue weighted by molar-refractivity contribution is -0.522. The minimum atomic E-state index is -0.688. The number of carbonyl (C=O) groups is 2. The summed E-state index contributed by atoms with van der Waals surface area (Å²) in [6.45, 7) is 4.26. The van der Waals surface area contributed by atoms with Crippen molar-refractivity contribution in [2.24, 2.45) is 4.99 Å². The number of amides is 3. The second-order valence-corrected chi connectivity index (χ2v) is 9.05. The second-order valence-electron chi connectivity index (χ2n) is 7.09. The summed E-state index contributed by atoms with van der Waals surface area (Å²) >= 11 is 6.83. The molecule has 2 aromatic rings. The average Bonchev–Trinajstić information content (AvgIpc) is 3.04. The fourth-order valence-electron chi connectivity index (χ4n) is 3.55. The Balaban J connectivity index is 1.68. The van der Waals surface area contributed by atoms with Crippen LogP contribution in [-0.2, 0) is 11.3 Å². The van der Waals surface area contributed by atoms with Gasteiger partial charge in [-0.05, 0) is 35.5 Å². The maximum absolute atomic E-state index is 13.4. The lowest BCUT2D eigenvalue weighted by Crippen LogP contribution is -2.62. The first kappa shape index (κ1) is 20.8. The summed E-state index contributed by atoms with van der Waals surface area (Å²) in [5.74, 6) is 0.483. The number of aryl methyl sites for hydroxylation is 1. The van der Waals surface area contributed by atoms with Crippen molar-refractivity contribution in [3.63, 3.8) is 0 Å². The van der Waals surface area contributed by atoms with Gasteiger partial charge in [-0.25, -0.2) is 19.3 Å². The first-order valence-electron chi connectivity index (χ1n) is 9.29. The van der Waals surface area contributed by atoms with E-state index in [1.165, 1.54) is 9.80 Å². The van der Waals surface area contributed by atoms with Gasteiger partial charge in [-0.15, -0.1) is 0 Å². The predicted octanol–water partition coefficient (Wildman–Crippen LogP) is 3.18. The van der Waals surface area contributed by atoms with Gasteiger partial charge in [-0.2, -0.15) is 0 Å². The fourth-order valence-corrected chi connectivity index (χ4v) is 4.22. The van der Waals surface area contributed by atoms with Crippen LogP contribution >= 0.6 is 31.9 Å². The van der Waals surface area contributed by atoms with Crippen molar-refractivity contribution < 1.29 is 14.2 Å². The smallest absolute Gasteiger partial charge is 0.269 e. The van der Waals surface area contributed by atoms with Crippen molar-refractivity contribution in [1.82, 2.24) is 19.8 Å². The van der Waals surface area contributed by atoms with Gasteiger partial charge in [0.15, 0.2) is 0 Å². The molecular formula is C20H19Br2N6O2+. The summed E-state index contributed by atoms with van der Waals surface area (Å²) in [6.07, 6.45) is 1.93. The van der Waals surface area contributed by atoms with Crippen LogP contribution in [0.5, 0.6) is 0 Å². The van der Waals surface area contributed by atoms with Crippen LogP contribution in [-0.4, -0.2) is 66.5 Å². The molecule has 3 heterocycles. The van der Waals surface area contributed by atoms with Crippen LogP contribution in [0.25, 0.3) is 10.9 Å². The lowest BCUT2D eigenvalue weighted by atomic mass is 10.1. The van der Waals surface area contributed by atoms with Gasteiger partial charge in [0.2, 0.25) is 0 Å². The second kappa shape index (κ2) is 7.99. The van der Waals surface area contributed by atoms with Gasteiger partial charge in [0, 0.05) is 18.1 Å². The van der Waals surface area contributed by atoms with E-state index >= 15 is 0 Å². The molecule has 4 rings (SSSR count). The number of rotatable bonds is 4. The zero-order valence-electron chi connectivity index (χ0n) is 16.6. The summed E-state index contributed by atoms with van der Waals surface area (Å²) in [7, 11) is 1.62. The number of likely N-dealkylation sites (N-methyl/N-ethyl adjacent to an activating group) is 1. The summed E-state index contributed by atoms with van der Waals surface area (Å²) in [6, 6.07) is 6.54. The zero-order valence-corrected chi connectivity index (χ0v) is 19.8. The van der Waals surface area contributed by atoms with Gasteiger partial charge in [0.05, 0.1) is 28.0 Å². The topological polar surface area (TPSA) is 81.8 Å². The molecule has 0 saturated carbocycles. The molecule has 0 spiro atoms. The molecule has 0 N–H and O–H groups in total. The van der Waals surface area contributed by atoms with Gasteiger partial charge in [0.1, 0.15) is 12.4 Å². The molecule has 2 aliphatic heterocycles. The van der Waals surface area contributed by atoms with E-state index in [-0.39, 0.29) is 12.5 Å². The number of aliphatic imine (C=N–C) groups is 1. The quantitative estimate of drug-likeness (QED) is 0.445. The van der Waals surface area contributed by atoms with E-state index in [1.807, 2.05) is 48.8 Å². The molecule has 0 aliphatic carbocycles. The average molecular weight is 535 g/mol. The van der Waals surface area contributed by atoms with Crippen molar-refractivity contribution in [3.8, 4) is 0 Å². The third kappa shape index (κ3) is 3.58. The number of para-hydroxylation sites is 1. The number of halogens is 2. The Labute approximate surface area is 190 Å². The highest BCUT2D eigenvalue weighted by Gasteiger charge is 2.53. The first-order valence-corrected chi connectivity index (χ1v) is 10.9. The molecule has 0 bridgehead atoms. The highest BCUT2D eigenvalue weighted by molar-refractivity contribution is 9.18. The number of urea groups is 1. The van der Waals surface area contributed by atoms with Crippen molar-refractivity contribution >= 4 is 65.3 Å². The number of nitrogens with zero attached hydrogens (tertiary/aromatic N) is 6. The number of carbonyl (C=O) groups excluding carboxylic acids is 2. The molecule has 30 heavy (non-hydrogen) atoms. The number of amidine groups is 2. The van der Waals surface area contributed by atoms with E-state index in [0.717, 1.165) is 21.1 Å². The van der Waals surface area contributed by atoms with Crippen molar-refractivity contribution in [2.45, 2.75) is 26.4 Å². The standard InChI is InChI=1S/C20H19Br2N6O2/c1-11(21)8-9-27-16-17(25-19(27)22)26(3)20(30)28(18(16)29)10-15-23-12(2)13-6-4-5-7-14(13)24-15/h4-8,16H,9-10H2,1-3H3/q+1/b11-8-. The molecule has 8 nitrogen and oxygen atoms in total. The maximum atomic E-state index is 13.4. The van der Waals surface area contributed by atoms with Crippen LogP contribution in [0.15, 0.2) is 39.8 Å². The molecule has 1 aromatic carbocycles. The Kier molecular flexibility index (Phi) is 5.54. The van der Waals surface area contributed by atoms with Crippen LogP contribution in [0, 0.1) is 6.92 Å². The summed E-state index contributed by atoms with van der Waals surface area (Å²) in [5.41, 5.74) is 1.59. The Morgan fingerprint density at radius 2 is 2.00 bits per heavy atom. The molecule has 0 radical (unpaired) electrons. The zero-order chi connectivity index (χ0) is 21.6. The highest BCUT2D eigenvalue weighted by Crippen LogP contribution is 2.23. The van der Waals surface area contributed by atoms with E-state index in [9.17, 15) is 9.59 Å². The van der Waals surface area contributed by atoms with Gasteiger partial charge in [0.25, 0.3) is 17.8 Å². The van der Waals surface area contributed by atoms with E-state index in [0.29, 0.717) is 22.9 Å². The molecule has 1 fully saturated rings. The number of allylic oxidation sites excluding steroid dienone is 1. The van der Waals surface area contributed by atoms with Gasteiger partial charge in [-0.3, -0.25) is 14.6 Å². The fraction of sp³-hybridized carbons (Fsp3) is 0.300. The van der Waals surface area contributed by atoms with E-state index in [4.69, 9.17) is 0 Å². The number of benzene rings is 1. The van der Waals surface area contributed by atoms with Crippen molar-refractivity contribution in [2.75, 3.05) is 13.6 Å². The van der Waals surface area contributed by atoms with Gasteiger partial charge in [-0.1, -0.05) is 34.1 Å². The van der Waals surface area contributed by atoms with E-state index < -0.39 is 12.1 Å². The Morgan fingerprint density at radius 3 is 2.73 bits per heavy atom. The van der Waals surface area contributed by atoms with Crippen LogP contribution < -0.4 is 0 Å². The van der Waals surface area contributed by atoms with E-state index in [1.54, 1.807) is 7.05 Å². The first-order chi connectivity index (χ1) is 14.3. The van der Waals surface area contributed by atoms with Gasteiger partial charge >= 0.3 is 10.8 Å². The molecule has 1 unspecified atom stereocenters. The number of fused-ring (bicyclic) bond motifs is 2. The molecule has 1 aromatic heterocycles. The largest absolute Gasteiger partial charge is 0.365 e. The number of hydrogen-bond donors (Lipinski definition) is 0. The molecule has 10 heteroatoms. The number of hydrogen-bond acceptors (Lipinski definition) is 5. The molecule has 1 saturated heterocycles. The SMILES string of the molecule is C/C(Br)=C/C[N+]1=C(Br)N=C2C1C(=O)N(Cc1nc(C)c3ccccc3n1)C(=O)N2C. The molecular weight excluding hydrogens is 516 g/mol. The summed E-state index contributed by atoms with van der Waals surface area (Å²) in [5, 5.41) is 0.946. The minimum absolute atomic E-state index is 0.00374. The monoisotopic (exact) mass is 533 g/mol. The minimum Gasteiger partial charge on any atom is -0.269 e. The number of imide groups is 1. The Bertz CT molecular complexity index is 1170. The van der Waals surface area contributed by atoms with E-state index in [2.05, 4.69) is 46.8 Å². The maximum Gasteiger partial charge on any atom is 0.365 e. The lowest BCUT2D eigenvalue weighted by Gasteiger charge is -2.32. The van der Waals surface area contributed by atoms with Crippen LogP contribution in [0.2, 0.25) is 0 Å². The molecule has 3 amide bonds. The molecule has 1 atom stereocenters. The normalized spacial score (nSPS) is 19.7. The highest BCUT2D eigenvalue weighted by atomic mass is 79.9. The predicted molar refractivity (Wildman–Crippen MR) is 121 cm³/mol. The van der Waals surface area contributed by atoms with Crippen molar-refractivity contribution in [3.05, 3.63) is 46.3 Å². The molecule has 154 valence electrons. The number of aromatic nitrogens is 2.